The van der Waals surface area contributed by atoms with Gasteiger partial charge in [-0.15, -0.1) is 0 Å². The normalized spacial score (nSPS) is 15.1. The van der Waals surface area contributed by atoms with E-state index in [4.69, 9.17) is 9.47 Å². The van der Waals surface area contributed by atoms with Crippen LogP contribution in [0.4, 0.5) is 0 Å². The Morgan fingerprint density at radius 1 is 1.33 bits per heavy atom. The van der Waals surface area contributed by atoms with Crippen LogP contribution in [0.25, 0.3) is 0 Å². The van der Waals surface area contributed by atoms with E-state index in [-0.39, 0.29) is 24.0 Å². The first-order chi connectivity index (χ1) is 7.02. The maximum absolute atomic E-state index is 11.4. The molecule has 0 aliphatic rings. The molecule has 1 unspecified atom stereocenters. The van der Waals surface area contributed by atoms with Crippen LogP contribution < -0.4 is 5.32 Å². The van der Waals surface area contributed by atoms with Gasteiger partial charge in [0.1, 0.15) is 6.04 Å². The quantitative estimate of drug-likeness (QED) is 0.651. The minimum atomic E-state index is -0.259. The van der Waals surface area contributed by atoms with Gasteiger partial charge in [0.25, 0.3) is 0 Å². The zero-order valence-corrected chi connectivity index (χ0v) is 10.4. The zero-order chi connectivity index (χ0) is 11.8. The molecule has 0 aromatic carbocycles. The van der Waals surface area contributed by atoms with Crippen molar-refractivity contribution in [3.8, 4) is 0 Å². The summed E-state index contributed by atoms with van der Waals surface area (Å²) in [6.07, 6.45) is 0. The number of carbonyl (C=O) groups excluding carboxylic acids is 1. The Bertz CT molecular complexity index is 183. The molecule has 1 N–H and O–H groups in total. The lowest BCUT2D eigenvalue weighted by atomic mass is 10.0. The number of ether oxygens (including phenoxy) is 2. The Balaban J connectivity index is 4.10. The van der Waals surface area contributed by atoms with Crippen LogP contribution in [-0.2, 0) is 14.3 Å². The first-order valence-corrected chi connectivity index (χ1v) is 5.44. The third kappa shape index (κ3) is 5.74. The average molecular weight is 217 g/mol. The summed E-state index contributed by atoms with van der Waals surface area (Å²) in [5.41, 5.74) is 0. The highest BCUT2D eigenvalue weighted by Crippen LogP contribution is 2.04. The Kier molecular flexibility index (Phi) is 7.34. The average Bonchev–Trinajstić information content (AvgIpc) is 2.21. The van der Waals surface area contributed by atoms with E-state index >= 15 is 0 Å². The van der Waals surface area contributed by atoms with Gasteiger partial charge in [0.05, 0.1) is 13.7 Å². The Morgan fingerprint density at radius 2 is 1.93 bits per heavy atom. The molecule has 0 saturated heterocycles. The number of esters is 1. The van der Waals surface area contributed by atoms with Crippen LogP contribution in [0.1, 0.15) is 27.7 Å². The van der Waals surface area contributed by atoms with Crippen LogP contribution in [0, 0.1) is 5.92 Å². The van der Waals surface area contributed by atoms with Crippen molar-refractivity contribution in [1.82, 2.24) is 5.32 Å². The van der Waals surface area contributed by atoms with Crippen molar-refractivity contribution in [1.29, 1.82) is 0 Å². The molecule has 2 atom stereocenters. The van der Waals surface area contributed by atoms with Crippen molar-refractivity contribution >= 4 is 5.97 Å². The fraction of sp³-hybridized carbons (Fsp3) is 0.909. The Labute approximate surface area is 92.3 Å². The van der Waals surface area contributed by atoms with E-state index in [0.717, 1.165) is 0 Å². The van der Waals surface area contributed by atoms with E-state index in [0.29, 0.717) is 13.2 Å². The molecule has 0 rings (SSSR count). The third-order valence-corrected chi connectivity index (χ3v) is 2.16. The fourth-order valence-corrected chi connectivity index (χ4v) is 1.31. The molecule has 0 saturated carbocycles. The van der Waals surface area contributed by atoms with Crippen molar-refractivity contribution in [3.63, 3.8) is 0 Å². The highest BCUT2D eigenvalue weighted by atomic mass is 16.5. The minimum absolute atomic E-state index is 0.149. The first-order valence-electron chi connectivity index (χ1n) is 5.44. The molecule has 0 bridgehead atoms. The van der Waals surface area contributed by atoms with E-state index in [2.05, 4.69) is 5.32 Å². The highest BCUT2D eigenvalue weighted by Gasteiger charge is 2.24. The lowest BCUT2D eigenvalue weighted by molar-refractivity contribution is -0.144. The molecule has 0 heterocycles. The summed E-state index contributed by atoms with van der Waals surface area (Å²) in [4.78, 5) is 11.4. The van der Waals surface area contributed by atoms with E-state index in [1.807, 2.05) is 27.7 Å². The van der Waals surface area contributed by atoms with Crippen LogP contribution in [0.5, 0.6) is 0 Å². The van der Waals surface area contributed by atoms with Crippen LogP contribution in [-0.4, -0.2) is 38.4 Å². The van der Waals surface area contributed by atoms with Gasteiger partial charge in [-0.25, -0.2) is 0 Å². The molecule has 0 aliphatic heterocycles. The van der Waals surface area contributed by atoms with Crippen LogP contribution >= 0.6 is 0 Å². The topological polar surface area (TPSA) is 47.6 Å². The summed E-state index contributed by atoms with van der Waals surface area (Å²) in [5.74, 6) is -0.00475. The number of hydrogen-bond donors (Lipinski definition) is 1. The second-order valence-electron chi connectivity index (χ2n) is 3.97. The van der Waals surface area contributed by atoms with Crippen molar-refractivity contribution in [3.05, 3.63) is 0 Å². The maximum atomic E-state index is 11.4. The molecule has 0 radical (unpaired) electrons. The minimum Gasteiger partial charge on any atom is -0.468 e. The molecule has 0 aliphatic carbocycles. The lowest BCUT2D eigenvalue weighted by Gasteiger charge is -2.24. The van der Waals surface area contributed by atoms with Gasteiger partial charge in [0.2, 0.25) is 0 Å². The molecule has 4 nitrogen and oxygen atoms in total. The molecule has 15 heavy (non-hydrogen) atoms. The number of hydrogen-bond acceptors (Lipinski definition) is 4. The lowest BCUT2D eigenvalue weighted by Crippen LogP contribution is -2.47. The van der Waals surface area contributed by atoms with Crippen LogP contribution in [0.15, 0.2) is 0 Å². The molecule has 90 valence electrons. The van der Waals surface area contributed by atoms with Gasteiger partial charge in [-0.1, -0.05) is 13.8 Å². The van der Waals surface area contributed by atoms with E-state index in [1.54, 1.807) is 0 Å². The van der Waals surface area contributed by atoms with Gasteiger partial charge in [0.15, 0.2) is 0 Å². The SMILES string of the molecule is CCOCC(C)N[C@H](C(=O)OC)C(C)C. The number of nitrogens with one attached hydrogen (secondary N) is 1. The molecule has 0 fully saturated rings. The summed E-state index contributed by atoms with van der Waals surface area (Å²) in [6, 6.07) is -0.109. The van der Waals surface area contributed by atoms with E-state index in [1.165, 1.54) is 7.11 Å². The Morgan fingerprint density at radius 3 is 2.33 bits per heavy atom. The van der Waals surface area contributed by atoms with E-state index < -0.39 is 0 Å². The predicted octanol–water partition coefficient (Wildman–Crippen LogP) is 1.20. The van der Waals surface area contributed by atoms with Gasteiger partial charge in [-0.2, -0.15) is 0 Å². The molecular weight excluding hydrogens is 194 g/mol. The zero-order valence-electron chi connectivity index (χ0n) is 10.4. The molecule has 0 aromatic rings. The monoisotopic (exact) mass is 217 g/mol. The predicted molar refractivity (Wildman–Crippen MR) is 59.7 cm³/mol. The third-order valence-electron chi connectivity index (χ3n) is 2.16. The van der Waals surface area contributed by atoms with Gasteiger partial charge in [-0.05, 0) is 19.8 Å². The van der Waals surface area contributed by atoms with Gasteiger partial charge < -0.3 is 9.47 Å². The highest BCUT2D eigenvalue weighted by molar-refractivity contribution is 5.75. The first kappa shape index (κ1) is 14.4. The summed E-state index contributed by atoms with van der Waals surface area (Å²) in [5, 5.41) is 3.20. The Hall–Kier alpha value is -0.610. The fourth-order valence-electron chi connectivity index (χ4n) is 1.31. The summed E-state index contributed by atoms with van der Waals surface area (Å²) in [6.45, 7) is 9.22. The van der Waals surface area contributed by atoms with Gasteiger partial charge >= 0.3 is 5.97 Å². The van der Waals surface area contributed by atoms with Crippen LogP contribution in [0.2, 0.25) is 0 Å². The standard InChI is InChI=1S/C11H23NO3/c1-6-15-7-9(4)12-10(8(2)3)11(13)14-5/h8-10,12H,6-7H2,1-5H3/t9?,10-/m0/s1. The molecule has 0 amide bonds. The van der Waals surface area contributed by atoms with Crippen molar-refractivity contribution in [2.24, 2.45) is 5.92 Å². The van der Waals surface area contributed by atoms with Gasteiger partial charge in [0, 0.05) is 12.6 Å². The summed E-state index contributed by atoms with van der Waals surface area (Å²) >= 11 is 0. The maximum Gasteiger partial charge on any atom is 0.323 e. The smallest absolute Gasteiger partial charge is 0.323 e. The number of carbonyl (C=O) groups is 1. The second kappa shape index (κ2) is 7.65. The number of methoxy groups -OCH3 is 1. The largest absolute Gasteiger partial charge is 0.468 e. The molecular formula is C11H23NO3. The van der Waals surface area contributed by atoms with Crippen molar-refractivity contribution in [2.45, 2.75) is 39.8 Å². The molecule has 0 aromatic heterocycles. The van der Waals surface area contributed by atoms with Crippen molar-refractivity contribution in [2.75, 3.05) is 20.3 Å². The second-order valence-corrected chi connectivity index (χ2v) is 3.97. The van der Waals surface area contributed by atoms with Gasteiger partial charge in [-0.3, -0.25) is 10.1 Å². The molecule has 4 heteroatoms. The molecule has 0 spiro atoms. The van der Waals surface area contributed by atoms with Crippen LogP contribution in [0.3, 0.4) is 0 Å². The summed E-state index contributed by atoms with van der Waals surface area (Å²) < 4.78 is 10.0. The van der Waals surface area contributed by atoms with Crippen molar-refractivity contribution < 1.29 is 14.3 Å². The summed E-state index contributed by atoms with van der Waals surface area (Å²) in [7, 11) is 1.41. The van der Waals surface area contributed by atoms with E-state index in [9.17, 15) is 4.79 Å². The number of rotatable bonds is 7.